The van der Waals surface area contributed by atoms with Crippen LogP contribution in [0, 0.1) is 5.41 Å². The van der Waals surface area contributed by atoms with Crippen molar-refractivity contribution in [3.05, 3.63) is 12.0 Å². The van der Waals surface area contributed by atoms with Crippen molar-refractivity contribution in [2.24, 2.45) is 5.41 Å². The smallest absolute Gasteiger partial charge is 0.511 e. The largest absolute Gasteiger partial charge is 0.747 e. The summed E-state index contributed by atoms with van der Waals surface area (Å²) in [5.74, 6) is -1.04. The lowest BCUT2D eigenvalue weighted by Crippen LogP contribution is -2.22. The van der Waals surface area contributed by atoms with Crippen molar-refractivity contribution in [3.63, 3.8) is 0 Å². The predicted octanol–water partition coefficient (Wildman–Crippen LogP) is 1.67. The summed E-state index contributed by atoms with van der Waals surface area (Å²) in [5, 5.41) is 8.56. The summed E-state index contributed by atoms with van der Waals surface area (Å²) >= 11 is 0. The lowest BCUT2D eigenvalue weighted by molar-refractivity contribution is -0.124. The predicted molar refractivity (Wildman–Crippen MR) is 46.1 cm³/mol. The fraction of sp³-hybridized carbons (Fsp3) is 0.571. The zero-order valence-corrected chi connectivity index (χ0v) is 8.54. The van der Waals surface area contributed by atoms with Gasteiger partial charge >= 0.3 is 8.25 Å². The second-order valence-corrected chi connectivity index (χ2v) is 4.06. The van der Waals surface area contributed by atoms with E-state index in [9.17, 15) is 9.36 Å². The van der Waals surface area contributed by atoms with Gasteiger partial charge in [-0.15, -0.1) is 4.89 Å². The van der Waals surface area contributed by atoms with E-state index in [1.807, 2.05) is 0 Å². The number of Topliss-reactive ketones (excluding diaryl/α,β-unsaturated/α-hetero) is 1. The van der Waals surface area contributed by atoms with Crippen LogP contribution < -0.4 is 0 Å². The molecule has 0 saturated carbocycles. The number of aliphatic hydroxyl groups excluding tert-OH is 1. The molecule has 0 aromatic rings. The molecule has 0 radical (unpaired) electrons. The highest BCUT2D eigenvalue weighted by molar-refractivity contribution is 7.32. The maximum atomic E-state index is 11.3. The van der Waals surface area contributed by atoms with E-state index in [0.29, 0.717) is 6.26 Å². The first-order chi connectivity index (χ1) is 5.79. The number of hydrogen-bond acceptors (Lipinski definition) is 4. The van der Waals surface area contributed by atoms with Crippen molar-refractivity contribution < 1.29 is 23.9 Å². The zero-order valence-electron chi connectivity index (χ0n) is 7.64. The zero-order chi connectivity index (χ0) is 10.6. The van der Waals surface area contributed by atoms with Crippen LogP contribution in [0.2, 0.25) is 0 Å². The number of carbonyl (C=O) groups excluding carboxylic acids is 1. The molecule has 0 rings (SSSR count). The Hall–Kier alpha value is -0.930. The van der Waals surface area contributed by atoms with Crippen LogP contribution in [-0.4, -0.2) is 15.8 Å². The van der Waals surface area contributed by atoms with Crippen molar-refractivity contribution in [2.75, 3.05) is 0 Å². The second-order valence-electron chi connectivity index (χ2n) is 3.40. The van der Waals surface area contributed by atoms with Crippen molar-refractivity contribution in [1.29, 1.82) is 0 Å². The van der Waals surface area contributed by atoms with E-state index in [4.69, 9.17) is 10.00 Å². The highest BCUT2D eigenvalue weighted by Gasteiger charge is 2.32. The molecule has 6 heteroatoms. The molecular formula is C7H12O5P+. The first kappa shape index (κ1) is 12.1. The monoisotopic (exact) mass is 207 g/mol. The van der Waals surface area contributed by atoms with Gasteiger partial charge in [0.05, 0.1) is 0 Å². The Balaban J connectivity index is 4.63. The van der Waals surface area contributed by atoms with Gasteiger partial charge in [0.1, 0.15) is 6.26 Å². The second kappa shape index (κ2) is 4.35. The Morgan fingerprint density at radius 2 is 1.92 bits per heavy atom. The minimum Gasteiger partial charge on any atom is -0.511 e. The number of allylic oxidation sites excluding steroid dienone is 1. The Morgan fingerprint density at radius 1 is 1.46 bits per heavy atom. The SMILES string of the molecule is CC(C)(C)C(=O)C(=CO)O[P+](=O)O. The van der Waals surface area contributed by atoms with E-state index >= 15 is 0 Å². The van der Waals surface area contributed by atoms with Gasteiger partial charge in [-0.25, -0.2) is 4.52 Å². The molecule has 1 atom stereocenters. The fourth-order valence-corrected chi connectivity index (χ4v) is 0.876. The van der Waals surface area contributed by atoms with Gasteiger partial charge in [0, 0.05) is 9.98 Å². The Labute approximate surface area is 77.0 Å². The molecule has 0 amide bonds. The van der Waals surface area contributed by atoms with Crippen LogP contribution in [0.3, 0.4) is 0 Å². The summed E-state index contributed by atoms with van der Waals surface area (Å²) in [6.07, 6.45) is 0.386. The quantitative estimate of drug-likeness (QED) is 0.417. The summed E-state index contributed by atoms with van der Waals surface area (Å²) in [7, 11) is -2.92. The van der Waals surface area contributed by atoms with Gasteiger partial charge in [-0.1, -0.05) is 20.8 Å². The molecule has 5 nitrogen and oxygen atoms in total. The van der Waals surface area contributed by atoms with Crippen LogP contribution in [0.5, 0.6) is 0 Å². The molecule has 0 aromatic carbocycles. The van der Waals surface area contributed by atoms with Crippen LogP contribution in [0.1, 0.15) is 20.8 Å². The summed E-state index contributed by atoms with van der Waals surface area (Å²) in [6, 6.07) is 0. The summed E-state index contributed by atoms with van der Waals surface area (Å²) in [5.41, 5.74) is -0.764. The van der Waals surface area contributed by atoms with E-state index in [2.05, 4.69) is 4.52 Å². The molecule has 0 bridgehead atoms. The molecule has 0 fully saturated rings. The van der Waals surface area contributed by atoms with E-state index < -0.39 is 25.2 Å². The van der Waals surface area contributed by atoms with Crippen molar-refractivity contribution in [3.8, 4) is 0 Å². The number of aliphatic hydroxyl groups is 1. The van der Waals surface area contributed by atoms with Gasteiger partial charge in [0.25, 0.3) is 5.76 Å². The van der Waals surface area contributed by atoms with Gasteiger partial charge in [-0.2, -0.15) is 0 Å². The number of rotatable bonds is 3. The van der Waals surface area contributed by atoms with Crippen LogP contribution in [0.4, 0.5) is 0 Å². The van der Waals surface area contributed by atoms with Gasteiger partial charge in [0.2, 0.25) is 5.78 Å². The number of hydrogen-bond donors (Lipinski definition) is 2. The normalized spacial score (nSPS) is 13.8. The van der Waals surface area contributed by atoms with Crippen molar-refractivity contribution in [1.82, 2.24) is 0 Å². The third-order valence-corrected chi connectivity index (χ3v) is 1.55. The summed E-state index contributed by atoms with van der Waals surface area (Å²) in [4.78, 5) is 19.7. The highest BCUT2D eigenvalue weighted by Crippen LogP contribution is 2.27. The minimum atomic E-state index is -2.92. The van der Waals surface area contributed by atoms with Gasteiger partial charge < -0.3 is 5.11 Å². The van der Waals surface area contributed by atoms with Gasteiger partial charge in [-0.3, -0.25) is 4.79 Å². The highest BCUT2D eigenvalue weighted by atomic mass is 31.1. The molecule has 74 valence electrons. The maximum absolute atomic E-state index is 11.3. The van der Waals surface area contributed by atoms with Gasteiger partial charge in [-0.05, 0) is 0 Å². The van der Waals surface area contributed by atoms with E-state index in [0.717, 1.165) is 0 Å². The average Bonchev–Trinajstić information content (AvgIpc) is 1.96. The van der Waals surface area contributed by atoms with E-state index in [1.165, 1.54) is 0 Å². The van der Waals surface area contributed by atoms with E-state index in [-0.39, 0.29) is 0 Å². The fourth-order valence-electron chi connectivity index (χ4n) is 0.577. The lowest BCUT2D eigenvalue weighted by atomic mass is 9.90. The molecule has 0 aliphatic rings. The minimum absolute atomic E-state index is 0.386. The summed E-state index contributed by atoms with van der Waals surface area (Å²) in [6.45, 7) is 4.81. The molecule has 0 aliphatic carbocycles. The molecule has 1 unspecified atom stereocenters. The molecule has 0 aromatic heterocycles. The van der Waals surface area contributed by atoms with Crippen LogP contribution in [-0.2, 0) is 13.9 Å². The Morgan fingerprint density at radius 3 is 2.15 bits per heavy atom. The number of carbonyl (C=O) groups is 1. The van der Waals surface area contributed by atoms with Crippen molar-refractivity contribution >= 4 is 14.0 Å². The third-order valence-electron chi connectivity index (χ3n) is 1.20. The molecule has 0 spiro atoms. The maximum Gasteiger partial charge on any atom is 0.747 e. The first-order valence-electron chi connectivity index (χ1n) is 3.52. The molecule has 0 saturated heterocycles. The molecule has 0 aliphatic heterocycles. The Bertz CT molecular complexity index is 250. The van der Waals surface area contributed by atoms with E-state index in [1.54, 1.807) is 20.8 Å². The molecule has 2 N–H and O–H groups in total. The van der Waals surface area contributed by atoms with Crippen molar-refractivity contribution in [2.45, 2.75) is 20.8 Å². The average molecular weight is 207 g/mol. The van der Waals surface area contributed by atoms with Crippen LogP contribution in [0.15, 0.2) is 12.0 Å². The molecule has 13 heavy (non-hydrogen) atoms. The molecular weight excluding hydrogens is 195 g/mol. The Kier molecular flexibility index (Phi) is 4.04. The van der Waals surface area contributed by atoms with Crippen LogP contribution in [0.25, 0.3) is 0 Å². The van der Waals surface area contributed by atoms with Gasteiger partial charge in [0.15, 0.2) is 0 Å². The van der Waals surface area contributed by atoms with Crippen LogP contribution >= 0.6 is 8.25 Å². The lowest BCUT2D eigenvalue weighted by Gasteiger charge is -2.14. The standard InChI is InChI=1S/C7H11O5P/c1-7(2,3)6(9)5(4-8)12-13(10)11/h4H,1-3H3,(H-,8,9,10,11)/p+1. The topological polar surface area (TPSA) is 83.8 Å². The molecule has 0 heterocycles. The summed E-state index contributed by atoms with van der Waals surface area (Å²) < 4.78 is 14.4. The number of ketones is 1. The first-order valence-corrected chi connectivity index (χ1v) is 4.65. The third kappa shape index (κ3) is 4.01.